The predicted octanol–water partition coefficient (Wildman–Crippen LogP) is 4.44. The van der Waals surface area contributed by atoms with Gasteiger partial charge in [-0.15, -0.1) is 0 Å². The van der Waals surface area contributed by atoms with Crippen molar-refractivity contribution >= 4 is 33.4 Å². The SMILES string of the molecule is COc1ccc(Cn2c(-c3cccc(F)c3)nc3sc(SC)nc3c2=O)cc1. The molecule has 4 rings (SSSR count). The van der Waals surface area contributed by atoms with Crippen LogP contribution in [0.15, 0.2) is 57.7 Å². The van der Waals surface area contributed by atoms with E-state index in [1.807, 2.05) is 30.5 Å². The summed E-state index contributed by atoms with van der Waals surface area (Å²) in [5, 5.41) is 0. The quantitative estimate of drug-likeness (QED) is 0.453. The van der Waals surface area contributed by atoms with Crippen molar-refractivity contribution in [1.29, 1.82) is 0 Å². The van der Waals surface area contributed by atoms with E-state index < -0.39 is 0 Å². The molecule has 0 unspecified atom stereocenters. The van der Waals surface area contributed by atoms with Crippen LogP contribution in [0.4, 0.5) is 4.39 Å². The normalized spacial score (nSPS) is 11.1. The summed E-state index contributed by atoms with van der Waals surface area (Å²) in [7, 11) is 1.60. The number of hydrogen-bond donors (Lipinski definition) is 0. The van der Waals surface area contributed by atoms with Gasteiger partial charge in [-0.05, 0) is 36.1 Å². The molecule has 0 saturated heterocycles. The zero-order chi connectivity index (χ0) is 19.7. The van der Waals surface area contributed by atoms with Crippen LogP contribution in [-0.2, 0) is 6.54 Å². The Bertz CT molecular complexity index is 1200. The Morgan fingerprint density at radius 3 is 2.64 bits per heavy atom. The van der Waals surface area contributed by atoms with Crippen molar-refractivity contribution in [2.45, 2.75) is 10.9 Å². The zero-order valence-corrected chi connectivity index (χ0v) is 16.8. The molecule has 0 spiro atoms. The van der Waals surface area contributed by atoms with Gasteiger partial charge in [0.25, 0.3) is 5.56 Å². The van der Waals surface area contributed by atoms with Gasteiger partial charge in [0.1, 0.15) is 17.4 Å². The molecule has 0 aliphatic heterocycles. The predicted molar refractivity (Wildman–Crippen MR) is 111 cm³/mol. The van der Waals surface area contributed by atoms with Crippen LogP contribution in [0.5, 0.6) is 5.75 Å². The summed E-state index contributed by atoms with van der Waals surface area (Å²) in [6.45, 7) is 0.295. The number of aromatic nitrogens is 3. The number of thioether (sulfide) groups is 1. The maximum absolute atomic E-state index is 13.8. The van der Waals surface area contributed by atoms with Crippen LogP contribution in [0.25, 0.3) is 21.7 Å². The highest BCUT2D eigenvalue weighted by atomic mass is 32.2. The van der Waals surface area contributed by atoms with E-state index in [4.69, 9.17) is 4.74 Å². The van der Waals surface area contributed by atoms with Crippen LogP contribution in [0, 0.1) is 5.82 Å². The van der Waals surface area contributed by atoms with Gasteiger partial charge in [0.15, 0.2) is 14.7 Å². The summed E-state index contributed by atoms with van der Waals surface area (Å²) >= 11 is 2.83. The number of benzene rings is 2. The minimum atomic E-state index is -0.378. The first-order valence-corrected chi connectivity index (χ1v) is 10.5. The molecule has 2 aromatic heterocycles. The van der Waals surface area contributed by atoms with Crippen molar-refractivity contribution in [3.63, 3.8) is 0 Å². The van der Waals surface area contributed by atoms with E-state index in [-0.39, 0.29) is 11.4 Å². The van der Waals surface area contributed by atoms with Crippen LogP contribution in [0.1, 0.15) is 5.56 Å². The zero-order valence-electron chi connectivity index (χ0n) is 15.2. The lowest BCUT2D eigenvalue weighted by Crippen LogP contribution is -2.24. The van der Waals surface area contributed by atoms with Crippen molar-refractivity contribution < 1.29 is 9.13 Å². The molecule has 0 fully saturated rings. The fourth-order valence-corrected chi connectivity index (χ4v) is 4.30. The molecule has 0 bridgehead atoms. The molecule has 142 valence electrons. The van der Waals surface area contributed by atoms with Crippen LogP contribution in [0.2, 0.25) is 0 Å². The third kappa shape index (κ3) is 3.53. The Kier molecular flexibility index (Phi) is 5.15. The van der Waals surface area contributed by atoms with Gasteiger partial charge in [0.2, 0.25) is 0 Å². The molecule has 2 heterocycles. The number of methoxy groups -OCH3 is 1. The van der Waals surface area contributed by atoms with Crippen LogP contribution < -0.4 is 10.3 Å². The van der Waals surface area contributed by atoms with E-state index in [2.05, 4.69) is 9.97 Å². The van der Waals surface area contributed by atoms with Gasteiger partial charge in [0.05, 0.1) is 13.7 Å². The highest BCUT2D eigenvalue weighted by molar-refractivity contribution is 8.00. The Morgan fingerprint density at radius 1 is 1.18 bits per heavy atom. The number of halogens is 1. The summed E-state index contributed by atoms with van der Waals surface area (Å²) in [6, 6.07) is 13.6. The second-order valence-corrected chi connectivity index (χ2v) is 8.05. The van der Waals surface area contributed by atoms with Crippen molar-refractivity contribution in [3.05, 3.63) is 70.3 Å². The molecule has 4 aromatic rings. The second kappa shape index (κ2) is 7.73. The fraction of sp³-hybridized carbons (Fsp3) is 0.150. The molecular weight excluding hydrogens is 397 g/mol. The lowest BCUT2D eigenvalue weighted by atomic mass is 10.1. The van der Waals surface area contributed by atoms with E-state index in [9.17, 15) is 9.18 Å². The van der Waals surface area contributed by atoms with Crippen molar-refractivity contribution in [2.24, 2.45) is 0 Å². The highest BCUT2D eigenvalue weighted by Crippen LogP contribution is 2.28. The Morgan fingerprint density at radius 2 is 1.96 bits per heavy atom. The average molecular weight is 413 g/mol. The van der Waals surface area contributed by atoms with Gasteiger partial charge in [-0.1, -0.05) is 47.4 Å². The monoisotopic (exact) mass is 413 g/mol. The van der Waals surface area contributed by atoms with Crippen molar-refractivity contribution in [2.75, 3.05) is 13.4 Å². The van der Waals surface area contributed by atoms with Crippen LogP contribution >= 0.6 is 23.1 Å². The molecule has 28 heavy (non-hydrogen) atoms. The number of hydrogen-bond acceptors (Lipinski definition) is 6. The number of thiazole rings is 1. The van der Waals surface area contributed by atoms with E-state index in [1.54, 1.807) is 23.8 Å². The lowest BCUT2D eigenvalue weighted by molar-refractivity contribution is 0.414. The summed E-state index contributed by atoms with van der Waals surface area (Å²) < 4.78 is 21.3. The first kappa shape index (κ1) is 18.6. The molecule has 8 heteroatoms. The van der Waals surface area contributed by atoms with Crippen LogP contribution in [0.3, 0.4) is 0 Å². The lowest BCUT2D eigenvalue weighted by Gasteiger charge is -2.13. The van der Waals surface area contributed by atoms with Gasteiger partial charge >= 0.3 is 0 Å². The Balaban J connectivity index is 1.91. The van der Waals surface area contributed by atoms with Crippen molar-refractivity contribution in [3.8, 4) is 17.1 Å². The number of nitrogens with zero attached hydrogens (tertiary/aromatic N) is 3. The second-order valence-electron chi connectivity index (χ2n) is 6.02. The summed E-state index contributed by atoms with van der Waals surface area (Å²) in [5.41, 5.74) is 1.55. The Labute approximate surface area is 168 Å². The molecule has 0 N–H and O–H groups in total. The molecule has 0 aliphatic rings. The largest absolute Gasteiger partial charge is 0.497 e. The van der Waals surface area contributed by atoms with Gasteiger partial charge in [-0.2, -0.15) is 0 Å². The molecule has 5 nitrogen and oxygen atoms in total. The maximum atomic E-state index is 13.8. The van der Waals surface area contributed by atoms with Gasteiger partial charge in [-0.3, -0.25) is 9.36 Å². The Hall–Kier alpha value is -2.71. The molecule has 0 atom stereocenters. The third-order valence-corrected chi connectivity index (χ3v) is 6.19. The molecule has 0 amide bonds. The number of rotatable bonds is 5. The van der Waals surface area contributed by atoms with Gasteiger partial charge in [-0.25, -0.2) is 14.4 Å². The minimum absolute atomic E-state index is 0.239. The number of ether oxygens (including phenoxy) is 1. The number of fused-ring (bicyclic) bond motifs is 1. The average Bonchev–Trinajstić information content (AvgIpc) is 3.14. The molecule has 0 radical (unpaired) electrons. The third-order valence-electron chi connectivity index (χ3n) is 4.26. The summed E-state index contributed by atoms with van der Waals surface area (Å²) in [5.74, 6) is 0.778. The molecule has 2 aromatic carbocycles. The maximum Gasteiger partial charge on any atom is 0.281 e. The van der Waals surface area contributed by atoms with Crippen molar-refractivity contribution in [1.82, 2.24) is 14.5 Å². The standard InChI is InChI=1S/C20H16FN3O2S2/c1-26-15-8-6-12(7-9-15)11-24-17(13-4-3-5-14(21)10-13)23-18-16(19(24)25)22-20(27-2)28-18/h3-10H,11H2,1-2H3. The topological polar surface area (TPSA) is 57.0 Å². The van der Waals surface area contributed by atoms with E-state index in [0.29, 0.717) is 28.3 Å². The minimum Gasteiger partial charge on any atom is -0.497 e. The summed E-state index contributed by atoms with van der Waals surface area (Å²) in [4.78, 5) is 22.8. The van der Waals surface area contributed by atoms with E-state index in [0.717, 1.165) is 15.7 Å². The highest BCUT2D eigenvalue weighted by Gasteiger charge is 2.17. The molecule has 0 saturated carbocycles. The van der Waals surface area contributed by atoms with E-state index in [1.165, 1.54) is 35.2 Å². The van der Waals surface area contributed by atoms with Gasteiger partial charge < -0.3 is 4.74 Å². The fourth-order valence-electron chi connectivity index (χ4n) is 2.88. The van der Waals surface area contributed by atoms with Crippen LogP contribution in [-0.4, -0.2) is 27.9 Å². The molecule has 0 aliphatic carbocycles. The van der Waals surface area contributed by atoms with E-state index >= 15 is 0 Å². The summed E-state index contributed by atoms with van der Waals surface area (Å²) in [6.07, 6.45) is 1.90. The smallest absolute Gasteiger partial charge is 0.281 e. The first-order valence-electron chi connectivity index (χ1n) is 8.43. The first-order chi connectivity index (χ1) is 13.6. The molecular formula is C20H16FN3O2S2. The van der Waals surface area contributed by atoms with Gasteiger partial charge in [0, 0.05) is 5.56 Å².